The first-order valence-electron chi connectivity index (χ1n) is 16.0. The Morgan fingerprint density at radius 1 is 0.587 bits per heavy atom. The Kier molecular flexibility index (Phi) is 6.41. The highest BCUT2D eigenvalue weighted by molar-refractivity contribution is 6.17. The van der Waals surface area contributed by atoms with Gasteiger partial charge in [-0.25, -0.2) is 4.99 Å². The van der Waals surface area contributed by atoms with Gasteiger partial charge in [-0.15, -0.1) is 0 Å². The summed E-state index contributed by atoms with van der Waals surface area (Å²) in [4.78, 5) is 15.4. The van der Waals surface area contributed by atoms with Crippen molar-refractivity contribution in [3.63, 3.8) is 0 Å². The van der Waals surface area contributed by atoms with Gasteiger partial charge in [-0.1, -0.05) is 127 Å². The van der Waals surface area contributed by atoms with Crippen LogP contribution in [0.3, 0.4) is 0 Å². The number of aromatic nitrogens is 1. The van der Waals surface area contributed by atoms with Crippen LogP contribution in [0.15, 0.2) is 167 Å². The van der Waals surface area contributed by atoms with E-state index in [9.17, 15) is 0 Å². The predicted octanol–water partition coefficient (Wildman–Crippen LogP) is 10.3. The van der Waals surface area contributed by atoms with Crippen LogP contribution in [0.25, 0.3) is 38.9 Å². The number of pyridine rings is 1. The van der Waals surface area contributed by atoms with Crippen LogP contribution >= 0.6 is 0 Å². The summed E-state index contributed by atoms with van der Waals surface area (Å²) in [5.41, 5.74) is 9.36. The molecule has 1 aromatic heterocycles. The molecule has 3 unspecified atom stereocenters. The lowest BCUT2D eigenvalue weighted by Crippen LogP contribution is -2.26. The molecule has 0 amide bonds. The molecule has 218 valence electrons. The Labute approximate surface area is 268 Å². The van der Waals surface area contributed by atoms with Crippen LogP contribution in [-0.4, -0.2) is 16.5 Å². The molecule has 3 aliphatic rings. The van der Waals surface area contributed by atoms with Gasteiger partial charge in [0.05, 0.1) is 11.7 Å². The Balaban J connectivity index is 1.22. The normalized spacial score (nSPS) is 20.1. The summed E-state index contributed by atoms with van der Waals surface area (Å²) in [6.07, 6.45) is 14.0. The number of benzene rings is 5. The molecule has 3 heteroatoms. The maximum atomic E-state index is 5.43. The van der Waals surface area contributed by atoms with Gasteiger partial charge in [-0.05, 0) is 68.1 Å². The molecular weight excluding hydrogens is 558 g/mol. The van der Waals surface area contributed by atoms with Crippen molar-refractivity contribution in [2.45, 2.75) is 18.4 Å². The van der Waals surface area contributed by atoms with E-state index in [1.165, 1.54) is 43.8 Å². The van der Waals surface area contributed by atoms with Gasteiger partial charge in [0.25, 0.3) is 0 Å². The molecule has 0 spiro atoms. The topological polar surface area (TPSA) is 37.6 Å². The number of fused-ring (bicyclic) bond motifs is 6. The summed E-state index contributed by atoms with van der Waals surface area (Å²) in [7, 11) is 0. The summed E-state index contributed by atoms with van der Waals surface area (Å²) in [6.45, 7) is 0. The van der Waals surface area contributed by atoms with Gasteiger partial charge in [0.15, 0.2) is 5.84 Å². The molecule has 1 aliphatic heterocycles. The zero-order valence-corrected chi connectivity index (χ0v) is 25.3. The molecule has 2 aliphatic carbocycles. The summed E-state index contributed by atoms with van der Waals surface area (Å²) in [5.74, 6) is 1.31. The third-order valence-electron chi connectivity index (χ3n) is 9.66. The smallest absolute Gasteiger partial charge is 0.155 e. The molecule has 0 bridgehead atoms. The number of rotatable bonds is 4. The van der Waals surface area contributed by atoms with E-state index < -0.39 is 0 Å². The summed E-state index contributed by atoms with van der Waals surface area (Å²) >= 11 is 0. The summed E-state index contributed by atoms with van der Waals surface area (Å²) < 4.78 is 0. The molecule has 0 N–H and O–H groups in total. The Morgan fingerprint density at radius 3 is 2.15 bits per heavy atom. The second kappa shape index (κ2) is 11.0. The van der Waals surface area contributed by atoms with Crippen LogP contribution in [0.1, 0.15) is 40.6 Å². The van der Waals surface area contributed by atoms with Crippen LogP contribution in [0, 0.1) is 5.92 Å². The quantitative estimate of drug-likeness (QED) is 0.189. The fraction of sp³-hybridized carbons (Fsp3) is 0.0930. The maximum absolute atomic E-state index is 5.43. The van der Waals surface area contributed by atoms with Gasteiger partial charge >= 0.3 is 0 Å². The van der Waals surface area contributed by atoms with E-state index in [0.717, 1.165) is 34.8 Å². The maximum Gasteiger partial charge on any atom is 0.155 e. The number of hydrogen-bond acceptors (Lipinski definition) is 3. The Hall–Kier alpha value is -5.67. The first kappa shape index (κ1) is 26.7. The van der Waals surface area contributed by atoms with Crippen molar-refractivity contribution in [3.05, 3.63) is 180 Å². The molecule has 9 rings (SSSR count). The van der Waals surface area contributed by atoms with Crippen molar-refractivity contribution in [2.75, 3.05) is 0 Å². The zero-order chi connectivity index (χ0) is 30.5. The molecule has 6 aromatic rings. The highest BCUT2D eigenvalue weighted by Gasteiger charge is 2.34. The summed E-state index contributed by atoms with van der Waals surface area (Å²) in [5, 5.41) is 5.03. The van der Waals surface area contributed by atoms with Gasteiger partial charge in [0.1, 0.15) is 0 Å². The van der Waals surface area contributed by atoms with Crippen molar-refractivity contribution in [1.82, 2.24) is 4.98 Å². The van der Waals surface area contributed by atoms with Crippen LogP contribution in [0.4, 0.5) is 0 Å². The Morgan fingerprint density at radius 2 is 1.30 bits per heavy atom. The van der Waals surface area contributed by atoms with Crippen molar-refractivity contribution in [2.24, 2.45) is 15.9 Å². The van der Waals surface area contributed by atoms with Crippen molar-refractivity contribution in [1.29, 1.82) is 0 Å². The number of aliphatic imine (C=N–C) groups is 2. The molecule has 3 nitrogen and oxygen atoms in total. The second-order valence-electron chi connectivity index (χ2n) is 12.3. The van der Waals surface area contributed by atoms with Crippen LogP contribution in [0.5, 0.6) is 0 Å². The van der Waals surface area contributed by atoms with E-state index in [-0.39, 0.29) is 12.0 Å². The molecule has 46 heavy (non-hydrogen) atoms. The zero-order valence-electron chi connectivity index (χ0n) is 25.3. The minimum Gasteiger partial charge on any atom is -0.258 e. The van der Waals surface area contributed by atoms with Gasteiger partial charge in [0, 0.05) is 41.3 Å². The van der Waals surface area contributed by atoms with Crippen molar-refractivity contribution in [3.8, 4) is 11.3 Å². The molecule has 3 atom stereocenters. The average molecular weight is 590 g/mol. The lowest BCUT2D eigenvalue weighted by atomic mass is 9.71. The van der Waals surface area contributed by atoms with Crippen LogP contribution < -0.4 is 0 Å². The molecule has 0 saturated heterocycles. The highest BCUT2D eigenvalue weighted by Crippen LogP contribution is 2.45. The lowest BCUT2D eigenvalue weighted by molar-refractivity contribution is 0.665. The predicted molar refractivity (Wildman–Crippen MR) is 191 cm³/mol. The van der Waals surface area contributed by atoms with Gasteiger partial charge in [0.2, 0.25) is 0 Å². The first-order valence-corrected chi connectivity index (χ1v) is 16.0. The van der Waals surface area contributed by atoms with E-state index in [0.29, 0.717) is 5.92 Å². The van der Waals surface area contributed by atoms with Crippen molar-refractivity contribution < 1.29 is 0 Å². The minimum absolute atomic E-state index is 0.0768. The molecule has 5 aromatic carbocycles. The third-order valence-corrected chi connectivity index (χ3v) is 9.66. The largest absolute Gasteiger partial charge is 0.258 e. The Bertz CT molecular complexity index is 2290. The van der Waals surface area contributed by atoms with Crippen LogP contribution in [-0.2, 0) is 0 Å². The van der Waals surface area contributed by atoms with Crippen LogP contribution in [0.2, 0.25) is 0 Å². The van der Waals surface area contributed by atoms with E-state index in [4.69, 9.17) is 9.98 Å². The van der Waals surface area contributed by atoms with Gasteiger partial charge in [-0.3, -0.25) is 9.98 Å². The SMILES string of the molecule is C1=CC2C(C3=NC(c4ccc(-c5ccccn5)cc4)=NC(c4cc5ccccc5c5ccccc45)C3)=Cc3ccccc3C2C=C1. The van der Waals surface area contributed by atoms with Gasteiger partial charge in [-0.2, -0.15) is 0 Å². The molecule has 0 fully saturated rings. The molecular formula is C43H31N3. The average Bonchev–Trinajstić information content (AvgIpc) is 3.14. The lowest BCUT2D eigenvalue weighted by Gasteiger charge is -2.34. The monoisotopic (exact) mass is 589 g/mol. The van der Waals surface area contributed by atoms with Crippen molar-refractivity contribution >= 4 is 39.2 Å². The minimum atomic E-state index is -0.0768. The van der Waals surface area contributed by atoms with E-state index in [1.807, 2.05) is 24.4 Å². The standard InChI is InChI=1S/C43H31N3/c1-3-13-32-30(11-1)25-38(36-17-7-5-15-34(32)36)41-27-42(39-26-31-12-2-4-14-33(31)35-16-6-8-18-37(35)39)46-43(45-41)29-22-20-28(21-23-29)40-19-9-10-24-44-40/h1-26,34,36,42H,27H2. The number of allylic oxidation sites excluding steroid dienone is 5. The number of amidine groups is 1. The van der Waals surface area contributed by atoms with E-state index in [1.54, 1.807) is 0 Å². The fourth-order valence-corrected chi connectivity index (χ4v) is 7.45. The first-order chi connectivity index (χ1) is 22.8. The molecule has 0 radical (unpaired) electrons. The molecule has 0 saturated carbocycles. The summed E-state index contributed by atoms with van der Waals surface area (Å²) in [6, 6.07) is 43.1. The number of nitrogens with zero attached hydrogens (tertiary/aromatic N) is 3. The van der Waals surface area contributed by atoms with E-state index >= 15 is 0 Å². The van der Waals surface area contributed by atoms with Gasteiger partial charge < -0.3 is 0 Å². The number of hydrogen-bond donors (Lipinski definition) is 0. The molecule has 2 heterocycles. The second-order valence-corrected chi connectivity index (χ2v) is 12.3. The fourth-order valence-electron chi connectivity index (χ4n) is 7.45. The highest BCUT2D eigenvalue weighted by atomic mass is 15.0. The van der Waals surface area contributed by atoms with E-state index in [2.05, 4.69) is 138 Å². The third kappa shape index (κ3) is 4.55.